The van der Waals surface area contributed by atoms with Crippen LogP contribution in [0.2, 0.25) is 5.02 Å². The summed E-state index contributed by atoms with van der Waals surface area (Å²) in [4.78, 5) is 35.4. The van der Waals surface area contributed by atoms with Crippen molar-refractivity contribution in [2.75, 3.05) is 5.32 Å². The summed E-state index contributed by atoms with van der Waals surface area (Å²) in [6, 6.07) is 13.4. The molecule has 1 saturated carbocycles. The number of aromatic nitrogens is 6. The molecule has 0 saturated heterocycles. The van der Waals surface area contributed by atoms with Crippen molar-refractivity contribution in [2.45, 2.75) is 51.7 Å². The van der Waals surface area contributed by atoms with Crippen molar-refractivity contribution in [3.8, 4) is 5.69 Å². The van der Waals surface area contributed by atoms with Gasteiger partial charge in [0.2, 0.25) is 0 Å². The number of carbonyl (C=O) groups excluding carboxylic acids is 1. The number of pyridine rings is 2. The average Bonchev–Trinajstić information content (AvgIpc) is 3.54. The molecule has 6 rings (SSSR count). The van der Waals surface area contributed by atoms with E-state index in [0.717, 1.165) is 53.8 Å². The van der Waals surface area contributed by atoms with Crippen LogP contribution in [0, 0.1) is 12.8 Å². The molecule has 0 atom stereocenters. The second kappa shape index (κ2) is 11.8. The molecule has 11 heteroatoms. The standard InChI is InChI=1S/C31H33ClN8O2/c1-20-26(13-23(32)16-33-20)30(41)37-24-9-7-21(8-10-24)19-39-27-5-3-4-6-28(27)40(31(39)42)25-11-12-29(35-17-25)34-14-22-15-36-38(2)18-22/h3-6,11-13,15-18,21,24H,7-10,14,19H2,1-2H3,(H,34,35)(H,37,41)/t21-,24-. The number of anilines is 1. The van der Waals surface area contributed by atoms with Crippen LogP contribution in [-0.4, -0.2) is 40.8 Å². The van der Waals surface area contributed by atoms with Gasteiger partial charge in [-0.2, -0.15) is 5.10 Å². The summed E-state index contributed by atoms with van der Waals surface area (Å²) in [6.07, 6.45) is 10.6. The van der Waals surface area contributed by atoms with Gasteiger partial charge in [-0.1, -0.05) is 23.7 Å². The molecule has 0 unspecified atom stereocenters. The smallest absolute Gasteiger partial charge is 0.333 e. The third-order valence-electron chi connectivity index (χ3n) is 7.99. The van der Waals surface area contributed by atoms with Crippen molar-refractivity contribution in [1.82, 2.24) is 34.2 Å². The van der Waals surface area contributed by atoms with Crippen LogP contribution < -0.4 is 16.3 Å². The molecule has 4 aromatic heterocycles. The number of hydrogen-bond acceptors (Lipinski definition) is 6. The van der Waals surface area contributed by atoms with E-state index >= 15 is 0 Å². The maximum absolute atomic E-state index is 13.8. The van der Waals surface area contributed by atoms with Crippen LogP contribution in [0.4, 0.5) is 5.82 Å². The summed E-state index contributed by atoms with van der Waals surface area (Å²) >= 11 is 6.06. The molecule has 1 aromatic carbocycles. The molecule has 0 aliphatic heterocycles. The summed E-state index contributed by atoms with van der Waals surface area (Å²) in [6.45, 7) is 3.05. The Labute approximate surface area is 248 Å². The van der Waals surface area contributed by atoms with Gasteiger partial charge in [0.25, 0.3) is 5.91 Å². The Bertz CT molecular complexity index is 1780. The molecule has 10 nitrogen and oxygen atoms in total. The third-order valence-corrected chi connectivity index (χ3v) is 8.20. The van der Waals surface area contributed by atoms with E-state index in [4.69, 9.17) is 11.6 Å². The largest absolute Gasteiger partial charge is 0.366 e. The van der Waals surface area contributed by atoms with Crippen LogP contribution in [0.5, 0.6) is 0 Å². The molecule has 4 heterocycles. The van der Waals surface area contributed by atoms with E-state index in [9.17, 15) is 9.59 Å². The van der Waals surface area contributed by atoms with Gasteiger partial charge in [-0.25, -0.2) is 9.78 Å². The van der Waals surface area contributed by atoms with Gasteiger partial charge in [0, 0.05) is 44.1 Å². The Morgan fingerprint density at radius 2 is 1.81 bits per heavy atom. The van der Waals surface area contributed by atoms with Crippen molar-refractivity contribution >= 4 is 34.4 Å². The Morgan fingerprint density at radius 3 is 2.52 bits per heavy atom. The lowest BCUT2D eigenvalue weighted by molar-refractivity contribution is 0.0919. The highest BCUT2D eigenvalue weighted by molar-refractivity contribution is 6.30. The quantitative estimate of drug-likeness (QED) is 0.269. The summed E-state index contributed by atoms with van der Waals surface area (Å²) in [5.74, 6) is 0.920. The number of rotatable bonds is 8. The van der Waals surface area contributed by atoms with Gasteiger partial charge < -0.3 is 10.6 Å². The van der Waals surface area contributed by atoms with E-state index < -0.39 is 0 Å². The fraction of sp³-hybridized carbons (Fsp3) is 0.323. The van der Waals surface area contributed by atoms with Crippen molar-refractivity contribution in [3.63, 3.8) is 0 Å². The highest BCUT2D eigenvalue weighted by Gasteiger charge is 2.25. The number of nitrogens with one attached hydrogen (secondary N) is 2. The molecule has 1 aliphatic carbocycles. The predicted molar refractivity (Wildman–Crippen MR) is 163 cm³/mol. The maximum atomic E-state index is 13.8. The average molecular weight is 585 g/mol. The number of benzene rings is 1. The number of amides is 1. The van der Waals surface area contributed by atoms with E-state index in [1.165, 1.54) is 0 Å². The number of halogens is 1. The lowest BCUT2D eigenvalue weighted by Crippen LogP contribution is -2.39. The molecule has 5 aromatic rings. The van der Waals surface area contributed by atoms with Gasteiger partial charge >= 0.3 is 5.69 Å². The molecule has 0 bridgehead atoms. The number of imidazole rings is 1. The first-order valence-electron chi connectivity index (χ1n) is 14.2. The molecule has 2 N–H and O–H groups in total. The molecule has 0 spiro atoms. The zero-order valence-electron chi connectivity index (χ0n) is 23.6. The summed E-state index contributed by atoms with van der Waals surface area (Å²) in [5.41, 5.74) is 4.63. The first-order chi connectivity index (χ1) is 20.4. The number of fused-ring (bicyclic) bond motifs is 1. The molecule has 0 radical (unpaired) electrons. The lowest BCUT2D eigenvalue weighted by Gasteiger charge is -2.29. The van der Waals surface area contributed by atoms with Gasteiger partial charge in [0.05, 0.1) is 45.4 Å². The van der Waals surface area contributed by atoms with Gasteiger partial charge in [-0.15, -0.1) is 0 Å². The number of aryl methyl sites for hydroxylation is 2. The third kappa shape index (κ3) is 5.80. The Hall–Kier alpha value is -4.44. The van der Waals surface area contributed by atoms with E-state index in [1.54, 1.807) is 27.7 Å². The predicted octanol–water partition coefficient (Wildman–Crippen LogP) is 4.88. The van der Waals surface area contributed by atoms with E-state index in [2.05, 4.69) is 25.7 Å². The topological polar surface area (TPSA) is 112 Å². The molecule has 42 heavy (non-hydrogen) atoms. The second-order valence-electron chi connectivity index (χ2n) is 11.0. The van der Waals surface area contributed by atoms with Crippen LogP contribution in [0.1, 0.15) is 47.3 Å². The zero-order valence-corrected chi connectivity index (χ0v) is 24.4. The molecular formula is C31H33ClN8O2. The molecular weight excluding hydrogens is 552 g/mol. The Kier molecular flexibility index (Phi) is 7.80. The minimum atomic E-state index is -0.142. The SMILES string of the molecule is Cc1ncc(Cl)cc1C(=O)N[C@H]1CC[C@H](Cn2c(=O)n(-c3ccc(NCc4cnn(C)c4)nc3)c3ccccc32)CC1. The second-order valence-corrected chi connectivity index (χ2v) is 11.4. The van der Waals surface area contributed by atoms with Crippen LogP contribution in [0.3, 0.4) is 0 Å². The van der Waals surface area contributed by atoms with E-state index in [1.807, 2.05) is 67.3 Å². The maximum Gasteiger partial charge on any atom is 0.333 e. The van der Waals surface area contributed by atoms with Gasteiger partial charge in [0.1, 0.15) is 5.82 Å². The molecule has 1 aliphatic rings. The van der Waals surface area contributed by atoms with E-state index in [0.29, 0.717) is 35.3 Å². The number of carbonyl (C=O) groups is 1. The number of hydrogen-bond donors (Lipinski definition) is 2. The van der Waals surface area contributed by atoms with Crippen molar-refractivity contribution < 1.29 is 4.79 Å². The molecule has 1 fully saturated rings. The highest BCUT2D eigenvalue weighted by atomic mass is 35.5. The molecule has 216 valence electrons. The Morgan fingerprint density at radius 1 is 1.02 bits per heavy atom. The van der Waals surface area contributed by atoms with Crippen molar-refractivity contribution in [3.05, 3.63) is 99.6 Å². The zero-order chi connectivity index (χ0) is 29.2. The van der Waals surface area contributed by atoms with Crippen LogP contribution >= 0.6 is 11.6 Å². The number of nitrogens with zero attached hydrogens (tertiary/aromatic N) is 6. The highest BCUT2D eigenvalue weighted by Crippen LogP contribution is 2.28. The van der Waals surface area contributed by atoms with Crippen molar-refractivity contribution in [2.24, 2.45) is 13.0 Å². The lowest BCUT2D eigenvalue weighted by atomic mass is 9.85. The number of para-hydroxylation sites is 2. The van der Waals surface area contributed by atoms with E-state index in [-0.39, 0.29) is 17.6 Å². The van der Waals surface area contributed by atoms with Crippen LogP contribution in [0.15, 0.2) is 72.0 Å². The van der Waals surface area contributed by atoms with Crippen molar-refractivity contribution in [1.29, 1.82) is 0 Å². The molecule has 1 amide bonds. The summed E-state index contributed by atoms with van der Waals surface area (Å²) in [5, 5.41) is 11.1. The first kappa shape index (κ1) is 27.7. The van der Waals surface area contributed by atoms with Crippen LogP contribution in [0.25, 0.3) is 16.7 Å². The minimum Gasteiger partial charge on any atom is -0.366 e. The van der Waals surface area contributed by atoms with Gasteiger partial charge in [0.15, 0.2) is 0 Å². The fourth-order valence-electron chi connectivity index (χ4n) is 5.76. The van der Waals surface area contributed by atoms with Gasteiger partial charge in [-0.3, -0.25) is 23.6 Å². The summed E-state index contributed by atoms with van der Waals surface area (Å²) < 4.78 is 5.38. The minimum absolute atomic E-state index is 0.0755. The summed E-state index contributed by atoms with van der Waals surface area (Å²) in [7, 11) is 1.89. The first-order valence-corrected chi connectivity index (χ1v) is 14.5. The monoisotopic (exact) mass is 584 g/mol. The van der Waals surface area contributed by atoms with Gasteiger partial charge in [-0.05, 0) is 68.9 Å². The van der Waals surface area contributed by atoms with Crippen LogP contribution in [-0.2, 0) is 20.1 Å². The Balaban J connectivity index is 1.14. The fourth-order valence-corrected chi connectivity index (χ4v) is 5.92. The normalized spacial score (nSPS) is 16.9.